The van der Waals surface area contributed by atoms with Crippen LogP contribution >= 0.6 is 0 Å². The zero-order valence-electron chi connectivity index (χ0n) is 16.3. The monoisotopic (exact) mass is 379 g/mol. The van der Waals surface area contributed by atoms with Gasteiger partial charge in [-0.1, -0.05) is 35.0 Å². The molecule has 146 valence electrons. The lowest BCUT2D eigenvalue weighted by molar-refractivity contribution is -0.125. The van der Waals surface area contributed by atoms with Crippen molar-refractivity contribution in [2.75, 3.05) is 24.5 Å². The molecule has 1 amide bonds. The number of anilines is 1. The van der Waals surface area contributed by atoms with Gasteiger partial charge in [0.2, 0.25) is 5.91 Å². The standard InChI is InChI=1S/C21H25N5O2/c1-14-5-7-16(8-6-14)9-10-22-20(27)17-4-3-11-26(12-17)19-18-15(2)25-28-21(18)24-13-23-19/h5-8,13,17H,3-4,9-12H2,1-2H3,(H,22,27)/t17-/m1/s1. The van der Waals surface area contributed by atoms with Crippen molar-refractivity contribution in [3.05, 3.63) is 47.4 Å². The molecule has 1 fully saturated rings. The van der Waals surface area contributed by atoms with Gasteiger partial charge >= 0.3 is 0 Å². The van der Waals surface area contributed by atoms with E-state index >= 15 is 0 Å². The van der Waals surface area contributed by atoms with Crippen molar-refractivity contribution in [1.29, 1.82) is 0 Å². The second-order valence-electron chi connectivity index (χ2n) is 7.46. The number of aromatic nitrogens is 3. The Morgan fingerprint density at radius 1 is 1.25 bits per heavy atom. The van der Waals surface area contributed by atoms with E-state index in [2.05, 4.69) is 56.5 Å². The van der Waals surface area contributed by atoms with E-state index in [1.807, 2.05) is 6.92 Å². The van der Waals surface area contributed by atoms with Crippen molar-refractivity contribution in [3.8, 4) is 0 Å². The second-order valence-corrected chi connectivity index (χ2v) is 7.46. The molecule has 3 heterocycles. The number of carbonyl (C=O) groups is 1. The van der Waals surface area contributed by atoms with Gasteiger partial charge in [0.25, 0.3) is 5.71 Å². The highest BCUT2D eigenvalue weighted by atomic mass is 16.5. The molecule has 1 aromatic carbocycles. The van der Waals surface area contributed by atoms with Gasteiger partial charge in [-0.05, 0) is 38.7 Å². The van der Waals surface area contributed by atoms with Crippen molar-refractivity contribution in [3.63, 3.8) is 0 Å². The Morgan fingerprint density at radius 3 is 2.89 bits per heavy atom. The molecule has 7 nitrogen and oxygen atoms in total. The molecule has 2 aromatic heterocycles. The van der Waals surface area contributed by atoms with Crippen LogP contribution in [0.2, 0.25) is 0 Å². The average Bonchev–Trinajstić information content (AvgIpc) is 3.11. The molecule has 7 heteroatoms. The Bertz CT molecular complexity index is 967. The summed E-state index contributed by atoms with van der Waals surface area (Å²) in [6.45, 7) is 6.13. The van der Waals surface area contributed by atoms with Crippen LogP contribution in [0.25, 0.3) is 11.1 Å². The molecule has 0 aliphatic carbocycles. The summed E-state index contributed by atoms with van der Waals surface area (Å²) in [7, 11) is 0. The van der Waals surface area contributed by atoms with Crippen LogP contribution in [0.15, 0.2) is 35.1 Å². The van der Waals surface area contributed by atoms with Crippen LogP contribution in [0.1, 0.15) is 29.7 Å². The first-order valence-electron chi connectivity index (χ1n) is 9.77. The highest BCUT2D eigenvalue weighted by molar-refractivity contribution is 5.88. The molecular weight excluding hydrogens is 354 g/mol. The third kappa shape index (κ3) is 3.83. The zero-order valence-corrected chi connectivity index (χ0v) is 16.3. The van der Waals surface area contributed by atoms with E-state index in [9.17, 15) is 4.79 Å². The van der Waals surface area contributed by atoms with E-state index < -0.39 is 0 Å². The van der Waals surface area contributed by atoms with Gasteiger partial charge < -0.3 is 14.7 Å². The zero-order chi connectivity index (χ0) is 19.5. The lowest BCUT2D eigenvalue weighted by Crippen LogP contribution is -2.43. The van der Waals surface area contributed by atoms with Crippen LogP contribution in [0.3, 0.4) is 0 Å². The SMILES string of the molecule is Cc1ccc(CCNC(=O)[C@@H]2CCCN(c3ncnc4onc(C)c34)C2)cc1. The topological polar surface area (TPSA) is 84.2 Å². The van der Waals surface area contributed by atoms with Gasteiger partial charge in [-0.25, -0.2) is 4.98 Å². The predicted octanol–water partition coefficient (Wildman–Crippen LogP) is 2.81. The summed E-state index contributed by atoms with van der Waals surface area (Å²) in [4.78, 5) is 23.4. The lowest BCUT2D eigenvalue weighted by atomic mass is 9.96. The molecular formula is C21H25N5O2. The normalized spacial score (nSPS) is 17.1. The third-order valence-electron chi connectivity index (χ3n) is 5.35. The predicted molar refractivity (Wildman–Crippen MR) is 107 cm³/mol. The van der Waals surface area contributed by atoms with Crippen LogP contribution in [0, 0.1) is 19.8 Å². The number of piperidine rings is 1. The number of benzene rings is 1. The maximum absolute atomic E-state index is 12.7. The molecule has 1 saturated heterocycles. The minimum absolute atomic E-state index is 0.0445. The number of nitrogens with one attached hydrogen (secondary N) is 1. The van der Waals surface area contributed by atoms with Crippen molar-refractivity contribution in [1.82, 2.24) is 20.4 Å². The van der Waals surface area contributed by atoms with Gasteiger partial charge in [-0.15, -0.1) is 0 Å². The smallest absolute Gasteiger partial charge is 0.263 e. The molecule has 0 spiro atoms. The fourth-order valence-electron chi connectivity index (χ4n) is 3.76. The molecule has 4 rings (SSSR count). The Labute approximate surface area is 164 Å². The highest BCUT2D eigenvalue weighted by Crippen LogP contribution is 2.29. The third-order valence-corrected chi connectivity index (χ3v) is 5.35. The van der Waals surface area contributed by atoms with Crippen molar-refractivity contribution < 1.29 is 9.32 Å². The molecule has 1 atom stereocenters. The maximum Gasteiger partial charge on any atom is 0.263 e. The Kier molecular flexibility index (Phi) is 5.23. The number of fused-ring (bicyclic) bond motifs is 1. The molecule has 28 heavy (non-hydrogen) atoms. The number of carbonyl (C=O) groups excluding carboxylic acids is 1. The quantitative estimate of drug-likeness (QED) is 0.734. The maximum atomic E-state index is 12.7. The summed E-state index contributed by atoms with van der Waals surface area (Å²) in [5.74, 6) is 0.877. The van der Waals surface area contributed by atoms with Crippen molar-refractivity contribution in [2.45, 2.75) is 33.1 Å². The van der Waals surface area contributed by atoms with Crippen LogP contribution in [-0.2, 0) is 11.2 Å². The fraction of sp³-hybridized carbons (Fsp3) is 0.429. The van der Waals surface area contributed by atoms with Crippen LogP contribution in [-0.4, -0.2) is 40.7 Å². The minimum atomic E-state index is -0.0445. The number of hydrogen-bond acceptors (Lipinski definition) is 6. The molecule has 1 aliphatic rings. The van der Waals surface area contributed by atoms with Gasteiger partial charge in [0.1, 0.15) is 17.5 Å². The first-order valence-corrected chi connectivity index (χ1v) is 9.77. The fourth-order valence-corrected chi connectivity index (χ4v) is 3.76. The summed E-state index contributed by atoms with van der Waals surface area (Å²) in [5, 5.41) is 7.93. The van der Waals surface area contributed by atoms with Gasteiger partial charge in [-0.2, -0.15) is 4.98 Å². The van der Waals surface area contributed by atoms with E-state index in [1.165, 1.54) is 17.5 Å². The second kappa shape index (κ2) is 7.96. The minimum Gasteiger partial charge on any atom is -0.355 e. The van der Waals surface area contributed by atoms with Crippen molar-refractivity contribution >= 4 is 22.8 Å². The largest absolute Gasteiger partial charge is 0.355 e. The van der Waals surface area contributed by atoms with Crippen molar-refractivity contribution in [2.24, 2.45) is 5.92 Å². The first-order chi connectivity index (χ1) is 13.6. The number of amides is 1. The molecule has 1 N–H and O–H groups in total. The van der Waals surface area contributed by atoms with E-state index in [4.69, 9.17) is 4.52 Å². The summed E-state index contributed by atoms with van der Waals surface area (Å²) in [6, 6.07) is 8.44. The lowest BCUT2D eigenvalue weighted by Gasteiger charge is -2.33. The Morgan fingerprint density at radius 2 is 2.07 bits per heavy atom. The summed E-state index contributed by atoms with van der Waals surface area (Å²) < 4.78 is 5.25. The summed E-state index contributed by atoms with van der Waals surface area (Å²) in [5.41, 5.74) is 3.75. The van der Waals surface area contributed by atoms with E-state index in [0.717, 1.165) is 42.7 Å². The average molecular weight is 379 g/mol. The summed E-state index contributed by atoms with van der Waals surface area (Å²) in [6.07, 6.45) is 4.18. The Hall–Kier alpha value is -2.96. The van der Waals surface area contributed by atoms with E-state index in [0.29, 0.717) is 18.8 Å². The van der Waals surface area contributed by atoms with Crippen LogP contribution < -0.4 is 10.2 Å². The number of rotatable bonds is 5. The first kappa shape index (κ1) is 18.4. The van der Waals surface area contributed by atoms with Gasteiger partial charge in [0.15, 0.2) is 0 Å². The van der Waals surface area contributed by atoms with E-state index in [1.54, 1.807) is 0 Å². The molecule has 3 aromatic rings. The number of aryl methyl sites for hydroxylation is 2. The van der Waals surface area contributed by atoms with Gasteiger partial charge in [0.05, 0.1) is 11.6 Å². The Balaban J connectivity index is 1.38. The van der Waals surface area contributed by atoms with E-state index in [-0.39, 0.29) is 11.8 Å². The van der Waals surface area contributed by atoms with Gasteiger partial charge in [0, 0.05) is 19.6 Å². The van der Waals surface area contributed by atoms with Crippen LogP contribution in [0.5, 0.6) is 0 Å². The van der Waals surface area contributed by atoms with Gasteiger partial charge in [-0.3, -0.25) is 4.79 Å². The van der Waals surface area contributed by atoms with Crippen LogP contribution in [0.4, 0.5) is 5.82 Å². The molecule has 0 unspecified atom stereocenters. The molecule has 0 radical (unpaired) electrons. The number of hydrogen-bond donors (Lipinski definition) is 1. The number of nitrogens with zero attached hydrogens (tertiary/aromatic N) is 4. The highest BCUT2D eigenvalue weighted by Gasteiger charge is 2.28. The molecule has 0 saturated carbocycles. The molecule has 1 aliphatic heterocycles. The summed E-state index contributed by atoms with van der Waals surface area (Å²) >= 11 is 0. The molecule has 0 bridgehead atoms.